The second kappa shape index (κ2) is 2.86. The lowest BCUT2D eigenvalue weighted by Gasteiger charge is -2.46. The van der Waals surface area contributed by atoms with E-state index in [9.17, 15) is 4.79 Å². The Kier molecular flexibility index (Phi) is 2.33. The van der Waals surface area contributed by atoms with Gasteiger partial charge < -0.3 is 0 Å². The number of hydrogen-bond acceptors (Lipinski definition) is 1. The van der Waals surface area contributed by atoms with Crippen LogP contribution in [0.4, 0.5) is 0 Å². The molecule has 0 bridgehead atoms. The van der Waals surface area contributed by atoms with Crippen molar-refractivity contribution in [1.82, 2.24) is 0 Å². The van der Waals surface area contributed by atoms with E-state index in [0.29, 0.717) is 5.78 Å². The summed E-state index contributed by atoms with van der Waals surface area (Å²) in [7, 11) is 0. The fourth-order valence-electron chi connectivity index (χ4n) is 2.31. The Bertz CT molecular complexity index is 193. The normalized spacial score (nSPS) is 34.7. The zero-order chi connectivity index (χ0) is 9.41. The molecular weight excluding hydrogens is 148 g/mol. The molecule has 0 aromatic heterocycles. The highest BCUT2D eigenvalue weighted by Gasteiger charge is 2.45. The van der Waals surface area contributed by atoms with Gasteiger partial charge in [0.2, 0.25) is 0 Å². The molecule has 1 saturated carbocycles. The van der Waals surface area contributed by atoms with Gasteiger partial charge in [0.15, 0.2) is 0 Å². The summed E-state index contributed by atoms with van der Waals surface area (Å²) < 4.78 is 0. The molecule has 70 valence electrons. The Labute approximate surface area is 75.5 Å². The van der Waals surface area contributed by atoms with Crippen molar-refractivity contribution in [1.29, 1.82) is 0 Å². The first-order valence-electron chi connectivity index (χ1n) is 4.91. The lowest BCUT2D eigenvalue weighted by atomic mass is 9.57. The van der Waals surface area contributed by atoms with Crippen LogP contribution in [0.25, 0.3) is 0 Å². The Hall–Kier alpha value is -0.330. The molecule has 1 atom stereocenters. The summed E-state index contributed by atoms with van der Waals surface area (Å²) in [5, 5.41) is 0. The van der Waals surface area contributed by atoms with E-state index in [4.69, 9.17) is 0 Å². The largest absolute Gasteiger partial charge is 0.299 e. The zero-order valence-corrected chi connectivity index (χ0v) is 8.74. The van der Waals surface area contributed by atoms with Gasteiger partial charge in [-0.2, -0.15) is 0 Å². The summed E-state index contributed by atoms with van der Waals surface area (Å²) in [5.41, 5.74) is 0.141. The van der Waals surface area contributed by atoms with Crippen molar-refractivity contribution < 1.29 is 4.79 Å². The van der Waals surface area contributed by atoms with Crippen molar-refractivity contribution in [2.24, 2.45) is 10.8 Å². The molecule has 0 radical (unpaired) electrons. The maximum absolute atomic E-state index is 11.5. The molecule has 0 aromatic rings. The van der Waals surface area contributed by atoms with E-state index in [1.807, 2.05) is 0 Å². The second-order valence-electron chi connectivity index (χ2n) is 4.98. The molecule has 12 heavy (non-hydrogen) atoms. The van der Waals surface area contributed by atoms with Gasteiger partial charge in [-0.05, 0) is 25.2 Å². The van der Waals surface area contributed by atoms with E-state index in [1.165, 1.54) is 19.3 Å². The Morgan fingerprint density at radius 3 is 1.92 bits per heavy atom. The van der Waals surface area contributed by atoms with Gasteiger partial charge in [-0.15, -0.1) is 0 Å². The fraction of sp³-hybridized carbons (Fsp3) is 0.909. The van der Waals surface area contributed by atoms with Gasteiger partial charge in [0.25, 0.3) is 0 Å². The van der Waals surface area contributed by atoms with Gasteiger partial charge in [-0.25, -0.2) is 0 Å². The first kappa shape index (κ1) is 9.76. The molecule has 1 heteroatoms. The van der Waals surface area contributed by atoms with Crippen LogP contribution in [-0.4, -0.2) is 5.78 Å². The quantitative estimate of drug-likeness (QED) is 0.587. The van der Waals surface area contributed by atoms with Crippen LogP contribution in [0.3, 0.4) is 0 Å². The standard InChI is InChI=1S/C11H20O/c1-9(12)11(4)8-6-5-7-10(11,2)3/h5-8H2,1-4H3. The van der Waals surface area contributed by atoms with E-state index in [1.54, 1.807) is 6.92 Å². The average Bonchev–Trinajstić information content (AvgIpc) is 1.95. The molecule has 1 aliphatic carbocycles. The number of ketones is 1. The van der Waals surface area contributed by atoms with Crippen LogP contribution in [0.1, 0.15) is 53.4 Å². The SMILES string of the molecule is CC(=O)C1(C)CCCCC1(C)C. The minimum Gasteiger partial charge on any atom is -0.299 e. The van der Waals surface area contributed by atoms with E-state index in [0.717, 1.165) is 6.42 Å². The van der Waals surface area contributed by atoms with E-state index >= 15 is 0 Å². The molecule has 1 rings (SSSR count). The summed E-state index contributed by atoms with van der Waals surface area (Å²) >= 11 is 0. The van der Waals surface area contributed by atoms with Crippen molar-refractivity contribution in [2.45, 2.75) is 53.4 Å². The van der Waals surface area contributed by atoms with Crippen molar-refractivity contribution in [2.75, 3.05) is 0 Å². The molecule has 0 amide bonds. The maximum atomic E-state index is 11.5. The van der Waals surface area contributed by atoms with Gasteiger partial charge in [-0.1, -0.05) is 33.6 Å². The van der Waals surface area contributed by atoms with E-state index in [-0.39, 0.29) is 10.8 Å². The zero-order valence-electron chi connectivity index (χ0n) is 8.74. The molecule has 0 spiro atoms. The van der Waals surface area contributed by atoms with Gasteiger partial charge in [0.05, 0.1) is 0 Å². The summed E-state index contributed by atoms with van der Waals surface area (Å²) in [4.78, 5) is 11.5. The summed E-state index contributed by atoms with van der Waals surface area (Å²) in [6.07, 6.45) is 4.79. The van der Waals surface area contributed by atoms with Crippen LogP contribution in [0.2, 0.25) is 0 Å². The van der Waals surface area contributed by atoms with Crippen LogP contribution in [0.15, 0.2) is 0 Å². The molecule has 1 unspecified atom stereocenters. The molecule has 0 aliphatic heterocycles. The predicted octanol–water partition coefficient (Wildman–Crippen LogP) is 3.18. The molecule has 0 aromatic carbocycles. The van der Waals surface area contributed by atoms with Crippen LogP contribution in [-0.2, 0) is 4.79 Å². The molecule has 1 fully saturated rings. The highest BCUT2D eigenvalue weighted by atomic mass is 16.1. The van der Waals surface area contributed by atoms with Gasteiger partial charge in [0.1, 0.15) is 5.78 Å². The average molecular weight is 168 g/mol. The fourth-order valence-corrected chi connectivity index (χ4v) is 2.31. The van der Waals surface area contributed by atoms with Crippen molar-refractivity contribution in [3.63, 3.8) is 0 Å². The molecule has 1 nitrogen and oxygen atoms in total. The van der Waals surface area contributed by atoms with Gasteiger partial charge in [0, 0.05) is 5.41 Å². The van der Waals surface area contributed by atoms with Crippen molar-refractivity contribution in [3.05, 3.63) is 0 Å². The van der Waals surface area contributed by atoms with Crippen LogP contribution >= 0.6 is 0 Å². The third-order valence-corrected chi connectivity index (χ3v) is 4.00. The highest BCUT2D eigenvalue weighted by Crippen LogP contribution is 2.50. The van der Waals surface area contributed by atoms with E-state index in [2.05, 4.69) is 20.8 Å². The number of Topliss-reactive ketones (excluding diaryl/α,β-unsaturated/α-hetero) is 1. The minimum absolute atomic E-state index is 0.0642. The predicted molar refractivity (Wildman–Crippen MR) is 51.0 cm³/mol. The topological polar surface area (TPSA) is 17.1 Å². The Morgan fingerprint density at radius 1 is 1.08 bits per heavy atom. The van der Waals surface area contributed by atoms with Crippen LogP contribution in [0, 0.1) is 10.8 Å². The number of carbonyl (C=O) groups is 1. The summed E-state index contributed by atoms with van der Waals surface area (Å²) in [5.74, 6) is 0.368. The third-order valence-electron chi connectivity index (χ3n) is 4.00. The lowest BCUT2D eigenvalue weighted by Crippen LogP contribution is -2.43. The summed E-state index contributed by atoms with van der Waals surface area (Å²) in [6, 6.07) is 0. The monoisotopic (exact) mass is 168 g/mol. The van der Waals surface area contributed by atoms with E-state index < -0.39 is 0 Å². The number of rotatable bonds is 1. The van der Waals surface area contributed by atoms with Crippen LogP contribution < -0.4 is 0 Å². The first-order valence-corrected chi connectivity index (χ1v) is 4.91. The Balaban J connectivity index is 2.91. The highest BCUT2D eigenvalue weighted by molar-refractivity contribution is 5.82. The third kappa shape index (κ3) is 1.30. The Morgan fingerprint density at radius 2 is 1.58 bits per heavy atom. The molecule has 0 heterocycles. The van der Waals surface area contributed by atoms with Gasteiger partial charge >= 0.3 is 0 Å². The maximum Gasteiger partial charge on any atom is 0.136 e. The number of carbonyl (C=O) groups excluding carboxylic acids is 1. The van der Waals surface area contributed by atoms with Crippen LogP contribution in [0.5, 0.6) is 0 Å². The molecule has 1 aliphatic rings. The number of hydrogen-bond donors (Lipinski definition) is 0. The second-order valence-corrected chi connectivity index (χ2v) is 4.98. The van der Waals surface area contributed by atoms with Crippen molar-refractivity contribution >= 4 is 5.78 Å². The molecular formula is C11H20O. The summed E-state index contributed by atoms with van der Waals surface area (Å²) in [6.45, 7) is 8.34. The lowest BCUT2D eigenvalue weighted by molar-refractivity contribution is -0.135. The van der Waals surface area contributed by atoms with Crippen molar-refractivity contribution in [3.8, 4) is 0 Å². The van der Waals surface area contributed by atoms with Gasteiger partial charge in [-0.3, -0.25) is 4.79 Å². The molecule has 0 N–H and O–H groups in total. The molecule has 0 saturated heterocycles. The first-order chi connectivity index (χ1) is 5.40. The minimum atomic E-state index is -0.0642. The smallest absolute Gasteiger partial charge is 0.136 e.